The molecule has 0 atom stereocenters. The average molecular weight is 332 g/mol. The number of hydrogen-bond acceptors (Lipinski definition) is 4. The summed E-state index contributed by atoms with van der Waals surface area (Å²) in [5.41, 5.74) is 0.385. The minimum absolute atomic E-state index is 0.0341. The molecule has 0 unspecified atom stereocenters. The number of nitrogens with zero attached hydrogens (tertiary/aromatic N) is 5. The minimum Gasteiger partial charge on any atom is -0.357 e. The van der Waals surface area contributed by atoms with Gasteiger partial charge in [-0.1, -0.05) is 6.92 Å². The molecule has 3 rings (SSSR count). The van der Waals surface area contributed by atoms with Crippen LogP contribution in [0.2, 0.25) is 0 Å². The van der Waals surface area contributed by atoms with E-state index in [1.807, 2.05) is 0 Å². The predicted octanol–water partition coefficient (Wildman–Crippen LogP) is 0.668. The average Bonchev–Trinajstić information content (AvgIpc) is 3.32. The number of aryl methyl sites for hydroxylation is 1. The monoisotopic (exact) mass is 332 g/mol. The van der Waals surface area contributed by atoms with E-state index in [4.69, 9.17) is 4.99 Å². The molecule has 0 radical (unpaired) electrons. The number of anilines is 1. The largest absolute Gasteiger partial charge is 0.357 e. The van der Waals surface area contributed by atoms with Crippen LogP contribution < -0.4 is 15.8 Å². The molecule has 0 amide bonds. The number of aliphatic imine (C=N–C) groups is 1. The Morgan fingerprint density at radius 2 is 2.04 bits per heavy atom. The van der Waals surface area contributed by atoms with E-state index in [0.29, 0.717) is 11.2 Å². The Kier molecular flexibility index (Phi) is 4.78. The van der Waals surface area contributed by atoms with E-state index < -0.39 is 0 Å². The molecule has 2 aliphatic rings. The number of rotatable bonds is 4. The van der Waals surface area contributed by atoms with E-state index in [1.165, 1.54) is 12.8 Å². The molecule has 1 N–H and O–H groups in total. The van der Waals surface area contributed by atoms with Crippen LogP contribution in [0.25, 0.3) is 0 Å². The maximum atomic E-state index is 12.2. The van der Waals surface area contributed by atoms with Gasteiger partial charge in [-0.3, -0.25) is 9.79 Å². The van der Waals surface area contributed by atoms with Gasteiger partial charge < -0.3 is 19.7 Å². The highest BCUT2D eigenvalue weighted by atomic mass is 16.1. The van der Waals surface area contributed by atoms with Gasteiger partial charge in [-0.05, 0) is 25.2 Å². The van der Waals surface area contributed by atoms with Gasteiger partial charge in [0.2, 0.25) is 0 Å². The van der Waals surface area contributed by atoms with Crippen LogP contribution in [0.3, 0.4) is 0 Å². The molecule has 1 aliphatic heterocycles. The van der Waals surface area contributed by atoms with Crippen LogP contribution in [0.1, 0.15) is 26.7 Å². The summed E-state index contributed by atoms with van der Waals surface area (Å²) in [7, 11) is 1.76. The summed E-state index contributed by atoms with van der Waals surface area (Å²) in [6.07, 6.45) is 5.95. The molecule has 132 valence electrons. The van der Waals surface area contributed by atoms with Crippen molar-refractivity contribution < 1.29 is 0 Å². The SMILES string of the molecule is CCNC(=NCC1(C)CC1)N1CCN(c2nccn(C)c2=O)CC1. The highest BCUT2D eigenvalue weighted by molar-refractivity contribution is 5.80. The molecule has 1 saturated heterocycles. The molecular weight excluding hydrogens is 304 g/mol. The van der Waals surface area contributed by atoms with Crippen molar-refractivity contribution in [3.63, 3.8) is 0 Å². The lowest BCUT2D eigenvalue weighted by molar-refractivity contribution is 0.369. The fourth-order valence-electron chi connectivity index (χ4n) is 2.89. The van der Waals surface area contributed by atoms with Crippen molar-refractivity contribution >= 4 is 11.8 Å². The van der Waals surface area contributed by atoms with Gasteiger partial charge in [0, 0.05) is 58.7 Å². The first-order chi connectivity index (χ1) is 11.5. The van der Waals surface area contributed by atoms with Crippen LogP contribution in [0.5, 0.6) is 0 Å². The first-order valence-corrected chi connectivity index (χ1v) is 8.82. The van der Waals surface area contributed by atoms with E-state index in [1.54, 1.807) is 24.0 Å². The van der Waals surface area contributed by atoms with Gasteiger partial charge >= 0.3 is 0 Å². The van der Waals surface area contributed by atoms with Gasteiger partial charge in [-0.15, -0.1) is 0 Å². The first kappa shape index (κ1) is 16.8. The zero-order valence-electron chi connectivity index (χ0n) is 15.0. The lowest BCUT2D eigenvalue weighted by Crippen LogP contribution is -2.53. The van der Waals surface area contributed by atoms with Crippen LogP contribution in [0.4, 0.5) is 5.82 Å². The highest BCUT2D eigenvalue weighted by Crippen LogP contribution is 2.45. The molecule has 1 saturated carbocycles. The smallest absolute Gasteiger partial charge is 0.293 e. The second kappa shape index (κ2) is 6.83. The van der Waals surface area contributed by atoms with Gasteiger partial charge in [0.05, 0.1) is 0 Å². The Bertz CT molecular complexity index is 655. The number of guanidine groups is 1. The first-order valence-electron chi connectivity index (χ1n) is 8.82. The maximum Gasteiger partial charge on any atom is 0.293 e. The maximum absolute atomic E-state index is 12.2. The van der Waals surface area contributed by atoms with Gasteiger partial charge in [0.1, 0.15) is 0 Å². The van der Waals surface area contributed by atoms with Crippen molar-refractivity contribution in [2.24, 2.45) is 17.5 Å². The number of hydrogen-bond donors (Lipinski definition) is 1. The van der Waals surface area contributed by atoms with E-state index >= 15 is 0 Å². The fraction of sp³-hybridized carbons (Fsp3) is 0.706. The summed E-state index contributed by atoms with van der Waals surface area (Å²) in [6.45, 7) is 9.44. The van der Waals surface area contributed by atoms with Gasteiger partial charge in [0.15, 0.2) is 11.8 Å². The Hall–Kier alpha value is -2.05. The van der Waals surface area contributed by atoms with Crippen molar-refractivity contribution in [1.82, 2.24) is 19.8 Å². The van der Waals surface area contributed by atoms with Gasteiger partial charge in [0.25, 0.3) is 5.56 Å². The lowest BCUT2D eigenvalue weighted by Gasteiger charge is -2.36. The van der Waals surface area contributed by atoms with Crippen LogP contribution >= 0.6 is 0 Å². The van der Waals surface area contributed by atoms with Gasteiger partial charge in [-0.2, -0.15) is 0 Å². The van der Waals surface area contributed by atoms with Crippen molar-refractivity contribution in [1.29, 1.82) is 0 Å². The van der Waals surface area contributed by atoms with Crippen molar-refractivity contribution in [3.8, 4) is 0 Å². The Morgan fingerprint density at radius 1 is 1.33 bits per heavy atom. The Morgan fingerprint density at radius 3 is 2.67 bits per heavy atom. The molecule has 0 bridgehead atoms. The third-order valence-corrected chi connectivity index (χ3v) is 4.93. The number of aromatic nitrogens is 2. The number of nitrogens with one attached hydrogen (secondary N) is 1. The quantitative estimate of drug-likeness (QED) is 0.648. The third kappa shape index (κ3) is 3.71. The van der Waals surface area contributed by atoms with E-state index in [9.17, 15) is 4.79 Å². The normalized spacial score (nSPS) is 20.2. The van der Waals surface area contributed by atoms with Crippen molar-refractivity contribution in [3.05, 3.63) is 22.7 Å². The molecule has 1 aliphatic carbocycles. The third-order valence-electron chi connectivity index (χ3n) is 4.93. The summed E-state index contributed by atoms with van der Waals surface area (Å²) in [6, 6.07) is 0. The Labute approximate surface area is 143 Å². The van der Waals surface area contributed by atoms with Crippen LogP contribution in [-0.2, 0) is 7.05 Å². The molecule has 1 aromatic rings. The summed E-state index contributed by atoms with van der Waals surface area (Å²) in [5.74, 6) is 1.55. The van der Waals surface area contributed by atoms with Crippen molar-refractivity contribution in [2.75, 3.05) is 44.2 Å². The second-order valence-electron chi connectivity index (χ2n) is 7.12. The molecule has 1 aromatic heterocycles. The van der Waals surface area contributed by atoms with Crippen LogP contribution in [0, 0.1) is 5.41 Å². The second-order valence-corrected chi connectivity index (χ2v) is 7.12. The Balaban J connectivity index is 1.64. The summed E-state index contributed by atoms with van der Waals surface area (Å²) in [5, 5.41) is 3.40. The molecule has 0 spiro atoms. The highest BCUT2D eigenvalue weighted by Gasteiger charge is 2.37. The van der Waals surface area contributed by atoms with Crippen LogP contribution in [0.15, 0.2) is 22.2 Å². The van der Waals surface area contributed by atoms with Gasteiger partial charge in [-0.25, -0.2) is 4.98 Å². The molecular formula is C17H28N6O. The minimum atomic E-state index is -0.0341. The molecule has 2 fully saturated rings. The topological polar surface area (TPSA) is 65.8 Å². The fourth-order valence-corrected chi connectivity index (χ4v) is 2.89. The zero-order chi connectivity index (χ0) is 17.2. The molecule has 0 aromatic carbocycles. The summed E-state index contributed by atoms with van der Waals surface area (Å²) in [4.78, 5) is 25.7. The summed E-state index contributed by atoms with van der Waals surface area (Å²) < 4.78 is 1.58. The number of piperazine rings is 1. The van der Waals surface area contributed by atoms with Crippen molar-refractivity contribution in [2.45, 2.75) is 26.7 Å². The molecule has 7 nitrogen and oxygen atoms in total. The molecule has 2 heterocycles. The van der Waals surface area contributed by atoms with E-state index in [-0.39, 0.29) is 5.56 Å². The lowest BCUT2D eigenvalue weighted by atomic mass is 10.1. The molecule has 7 heteroatoms. The molecule has 24 heavy (non-hydrogen) atoms. The standard InChI is InChI=1S/C17H28N6O/c1-4-18-16(20-13-17(2)5-6-17)23-11-9-22(10-12-23)14-15(24)21(3)8-7-19-14/h7-8H,4-6,9-13H2,1-3H3,(H,18,20). The van der Waals surface area contributed by atoms with Crippen LogP contribution in [-0.4, -0.2) is 59.7 Å². The predicted molar refractivity (Wildman–Crippen MR) is 96.6 cm³/mol. The van der Waals surface area contributed by atoms with E-state index in [2.05, 4.69) is 33.9 Å². The zero-order valence-corrected chi connectivity index (χ0v) is 15.0. The van der Waals surface area contributed by atoms with E-state index in [0.717, 1.165) is 45.2 Å². The summed E-state index contributed by atoms with van der Waals surface area (Å²) >= 11 is 0.